The van der Waals surface area contributed by atoms with Gasteiger partial charge in [-0.3, -0.25) is 0 Å². The Morgan fingerprint density at radius 3 is 2.18 bits per heavy atom. The van der Waals surface area contributed by atoms with E-state index in [1.807, 2.05) is 0 Å². The van der Waals surface area contributed by atoms with Crippen molar-refractivity contribution in [3.05, 3.63) is 0 Å². The van der Waals surface area contributed by atoms with Crippen LogP contribution in [0.5, 0.6) is 0 Å². The second-order valence-corrected chi connectivity index (χ2v) is 6.58. The quantitative estimate of drug-likeness (QED) is 0.789. The van der Waals surface area contributed by atoms with Crippen molar-refractivity contribution in [1.29, 1.82) is 0 Å². The minimum atomic E-state index is 0.829. The van der Waals surface area contributed by atoms with Crippen LogP contribution in [0.4, 0.5) is 0 Å². The topological polar surface area (TPSA) is 15.3 Å². The fourth-order valence-corrected chi connectivity index (χ4v) is 3.53. The molecule has 1 N–H and O–H groups in total. The van der Waals surface area contributed by atoms with Gasteiger partial charge in [-0.2, -0.15) is 0 Å². The Kier molecular flexibility index (Phi) is 4.02. The summed E-state index contributed by atoms with van der Waals surface area (Å²) in [7, 11) is 0. The zero-order chi connectivity index (χ0) is 11.5. The number of nitrogens with zero attached hydrogens (tertiary/aromatic N) is 1. The molecule has 0 bridgehead atoms. The van der Waals surface area contributed by atoms with Crippen LogP contribution in [-0.2, 0) is 0 Å². The molecule has 1 aliphatic heterocycles. The third-order valence-electron chi connectivity index (χ3n) is 4.97. The van der Waals surface area contributed by atoms with E-state index < -0.39 is 0 Å². The summed E-state index contributed by atoms with van der Waals surface area (Å²) in [6, 6.07) is 0.829. The highest BCUT2D eigenvalue weighted by atomic mass is 15.1. The van der Waals surface area contributed by atoms with Crippen LogP contribution in [0.25, 0.3) is 0 Å². The van der Waals surface area contributed by atoms with E-state index >= 15 is 0 Å². The minimum absolute atomic E-state index is 0.829. The lowest BCUT2D eigenvalue weighted by Crippen LogP contribution is -2.44. The van der Waals surface area contributed by atoms with Crippen LogP contribution in [0, 0.1) is 11.8 Å². The van der Waals surface area contributed by atoms with Crippen molar-refractivity contribution in [2.45, 2.75) is 57.4 Å². The molecule has 3 aliphatic rings. The fourth-order valence-electron chi connectivity index (χ4n) is 3.53. The van der Waals surface area contributed by atoms with Crippen molar-refractivity contribution in [3.63, 3.8) is 0 Å². The summed E-state index contributed by atoms with van der Waals surface area (Å²) in [5.41, 5.74) is 0. The monoisotopic (exact) mass is 236 g/mol. The third-order valence-corrected chi connectivity index (χ3v) is 4.97. The minimum Gasteiger partial charge on any atom is -0.314 e. The van der Waals surface area contributed by atoms with Gasteiger partial charge in [0.15, 0.2) is 0 Å². The molecule has 1 saturated heterocycles. The first-order valence-corrected chi connectivity index (χ1v) is 7.86. The number of hydrogen-bond acceptors (Lipinski definition) is 2. The van der Waals surface area contributed by atoms with E-state index in [2.05, 4.69) is 10.2 Å². The molecule has 0 aromatic heterocycles. The van der Waals surface area contributed by atoms with Crippen LogP contribution in [0.1, 0.15) is 51.4 Å². The van der Waals surface area contributed by atoms with Gasteiger partial charge in [0, 0.05) is 12.6 Å². The van der Waals surface area contributed by atoms with Gasteiger partial charge >= 0.3 is 0 Å². The summed E-state index contributed by atoms with van der Waals surface area (Å²) in [5.74, 6) is 2.07. The van der Waals surface area contributed by atoms with Gasteiger partial charge in [0.1, 0.15) is 0 Å². The lowest BCUT2D eigenvalue weighted by Gasteiger charge is -2.34. The van der Waals surface area contributed by atoms with Crippen molar-refractivity contribution in [2.24, 2.45) is 11.8 Å². The summed E-state index contributed by atoms with van der Waals surface area (Å²) in [6.45, 7) is 5.39. The maximum atomic E-state index is 3.77. The number of rotatable bonds is 5. The van der Waals surface area contributed by atoms with Gasteiger partial charge in [-0.25, -0.2) is 0 Å². The van der Waals surface area contributed by atoms with Gasteiger partial charge in [0.05, 0.1) is 0 Å². The van der Waals surface area contributed by atoms with E-state index in [1.54, 1.807) is 0 Å². The van der Waals surface area contributed by atoms with E-state index in [1.165, 1.54) is 77.5 Å². The lowest BCUT2D eigenvalue weighted by molar-refractivity contribution is 0.172. The maximum Gasteiger partial charge on any atom is 0.00915 e. The summed E-state index contributed by atoms with van der Waals surface area (Å²) in [4.78, 5) is 2.73. The van der Waals surface area contributed by atoms with Crippen molar-refractivity contribution in [3.8, 4) is 0 Å². The molecular formula is C15H28N2. The Morgan fingerprint density at radius 1 is 0.824 bits per heavy atom. The van der Waals surface area contributed by atoms with Gasteiger partial charge in [0.25, 0.3) is 0 Å². The molecule has 0 radical (unpaired) electrons. The summed E-state index contributed by atoms with van der Waals surface area (Å²) in [6.07, 6.45) is 11.7. The molecule has 3 fully saturated rings. The van der Waals surface area contributed by atoms with E-state index in [9.17, 15) is 0 Å². The van der Waals surface area contributed by atoms with Gasteiger partial charge < -0.3 is 10.2 Å². The zero-order valence-electron chi connectivity index (χ0n) is 11.2. The number of nitrogens with one attached hydrogen (secondary N) is 1. The average molecular weight is 236 g/mol. The van der Waals surface area contributed by atoms with Crippen LogP contribution in [0.2, 0.25) is 0 Å². The maximum absolute atomic E-state index is 3.77. The predicted molar refractivity (Wildman–Crippen MR) is 72.1 cm³/mol. The molecular weight excluding hydrogens is 208 g/mol. The number of hydrogen-bond donors (Lipinski definition) is 1. The summed E-state index contributed by atoms with van der Waals surface area (Å²) in [5, 5.41) is 3.77. The molecule has 2 nitrogen and oxygen atoms in total. The van der Waals surface area contributed by atoms with Gasteiger partial charge in [-0.1, -0.05) is 12.8 Å². The Balaban J connectivity index is 1.31. The second-order valence-electron chi connectivity index (χ2n) is 6.58. The fraction of sp³-hybridized carbons (Fsp3) is 1.00. The Labute approximate surface area is 106 Å². The molecule has 2 heteroatoms. The van der Waals surface area contributed by atoms with Crippen molar-refractivity contribution in [1.82, 2.24) is 10.2 Å². The van der Waals surface area contributed by atoms with Crippen LogP contribution in [0.3, 0.4) is 0 Å². The van der Waals surface area contributed by atoms with Gasteiger partial charge in [0.2, 0.25) is 0 Å². The molecule has 2 aliphatic carbocycles. The molecule has 0 atom stereocenters. The van der Waals surface area contributed by atoms with Crippen LogP contribution in [-0.4, -0.2) is 37.1 Å². The predicted octanol–water partition coefficient (Wildman–Crippen LogP) is 2.64. The molecule has 0 amide bonds. The smallest absolute Gasteiger partial charge is 0.00915 e. The third kappa shape index (κ3) is 3.69. The van der Waals surface area contributed by atoms with Crippen LogP contribution in [0.15, 0.2) is 0 Å². The van der Waals surface area contributed by atoms with E-state index in [-0.39, 0.29) is 0 Å². The van der Waals surface area contributed by atoms with Gasteiger partial charge in [-0.15, -0.1) is 0 Å². The highest BCUT2D eigenvalue weighted by Crippen LogP contribution is 2.29. The van der Waals surface area contributed by atoms with Crippen molar-refractivity contribution >= 4 is 0 Å². The Morgan fingerprint density at radius 2 is 1.53 bits per heavy atom. The summed E-state index contributed by atoms with van der Waals surface area (Å²) < 4.78 is 0. The SMILES string of the molecule is C1CCC(CN2CCC(NCC3CC3)CC2)C1. The van der Waals surface area contributed by atoms with Crippen molar-refractivity contribution in [2.75, 3.05) is 26.2 Å². The molecule has 2 saturated carbocycles. The first kappa shape index (κ1) is 12.0. The van der Waals surface area contributed by atoms with E-state index in [0.29, 0.717) is 0 Å². The molecule has 0 spiro atoms. The Bertz CT molecular complexity index is 223. The van der Waals surface area contributed by atoms with Crippen molar-refractivity contribution < 1.29 is 0 Å². The lowest BCUT2D eigenvalue weighted by atomic mass is 10.0. The number of piperidine rings is 1. The molecule has 17 heavy (non-hydrogen) atoms. The summed E-state index contributed by atoms with van der Waals surface area (Å²) >= 11 is 0. The molecule has 1 heterocycles. The number of likely N-dealkylation sites (tertiary alicyclic amines) is 1. The normalized spacial score (nSPS) is 28.9. The molecule has 98 valence electrons. The standard InChI is InChI=1S/C15H28N2/c1-2-4-14(3-1)12-17-9-7-15(8-10-17)16-11-13-5-6-13/h13-16H,1-12H2. The second kappa shape index (κ2) is 5.71. The Hall–Kier alpha value is -0.0800. The molecule has 0 unspecified atom stereocenters. The first-order valence-electron chi connectivity index (χ1n) is 7.86. The average Bonchev–Trinajstić information content (AvgIpc) is 3.05. The van der Waals surface area contributed by atoms with Crippen LogP contribution >= 0.6 is 0 Å². The van der Waals surface area contributed by atoms with E-state index in [0.717, 1.165) is 17.9 Å². The zero-order valence-corrected chi connectivity index (χ0v) is 11.2. The van der Waals surface area contributed by atoms with Gasteiger partial charge in [-0.05, 0) is 70.0 Å². The van der Waals surface area contributed by atoms with E-state index in [4.69, 9.17) is 0 Å². The highest BCUT2D eigenvalue weighted by molar-refractivity contribution is 4.83. The highest BCUT2D eigenvalue weighted by Gasteiger charge is 2.25. The largest absolute Gasteiger partial charge is 0.314 e. The molecule has 0 aromatic carbocycles. The molecule has 3 rings (SSSR count). The van der Waals surface area contributed by atoms with Crippen LogP contribution < -0.4 is 5.32 Å². The molecule has 0 aromatic rings. The first-order chi connectivity index (χ1) is 8.40.